The van der Waals surface area contributed by atoms with Crippen molar-refractivity contribution in [3.63, 3.8) is 0 Å². The molecule has 180 valence electrons. The first kappa shape index (κ1) is 24.7. The van der Waals surface area contributed by atoms with Gasteiger partial charge in [0.25, 0.3) is 0 Å². The molecular formula is C24H18Br2N2O7. The van der Waals surface area contributed by atoms with Gasteiger partial charge in [-0.3, -0.25) is 9.59 Å². The zero-order chi connectivity index (χ0) is 25.3. The Bertz CT molecular complexity index is 1440. The molecule has 0 radical (unpaired) electrons. The van der Waals surface area contributed by atoms with E-state index in [-0.39, 0.29) is 34.4 Å². The smallest absolute Gasteiger partial charge is 0.355 e. The lowest BCUT2D eigenvalue weighted by atomic mass is 9.89. The SMILES string of the molecule is CCOC(=O)C1=C(C(=O)c2ccc(OC)cc2)[C@H](c2coc3c(Br)cc(Br)cc3c2=O)NC(=O)N1. The first-order valence-electron chi connectivity index (χ1n) is 10.3. The van der Waals surface area contributed by atoms with E-state index < -0.39 is 29.3 Å². The highest BCUT2D eigenvalue weighted by atomic mass is 79.9. The minimum atomic E-state index is -1.28. The summed E-state index contributed by atoms with van der Waals surface area (Å²) in [6.45, 7) is 1.61. The molecule has 0 bridgehead atoms. The summed E-state index contributed by atoms with van der Waals surface area (Å²) in [5, 5.41) is 5.15. The van der Waals surface area contributed by atoms with Crippen molar-refractivity contribution in [1.82, 2.24) is 10.6 Å². The third-order valence-electron chi connectivity index (χ3n) is 5.28. The second kappa shape index (κ2) is 10.0. The molecule has 9 nitrogen and oxygen atoms in total. The summed E-state index contributed by atoms with van der Waals surface area (Å²) in [7, 11) is 1.49. The van der Waals surface area contributed by atoms with Crippen LogP contribution in [0.3, 0.4) is 0 Å². The Morgan fingerprint density at radius 1 is 1.11 bits per heavy atom. The van der Waals surface area contributed by atoms with Gasteiger partial charge >= 0.3 is 12.0 Å². The number of rotatable bonds is 6. The van der Waals surface area contributed by atoms with Crippen molar-refractivity contribution in [2.45, 2.75) is 13.0 Å². The normalized spacial score (nSPS) is 15.4. The molecule has 0 spiro atoms. The van der Waals surface area contributed by atoms with Crippen molar-refractivity contribution < 1.29 is 28.3 Å². The summed E-state index contributed by atoms with van der Waals surface area (Å²) in [6, 6.07) is 7.43. The Labute approximate surface area is 215 Å². The van der Waals surface area contributed by atoms with E-state index in [0.717, 1.165) is 0 Å². The molecular weight excluding hydrogens is 588 g/mol. The van der Waals surface area contributed by atoms with E-state index in [2.05, 4.69) is 42.5 Å². The predicted molar refractivity (Wildman–Crippen MR) is 133 cm³/mol. The van der Waals surface area contributed by atoms with Gasteiger partial charge in [0.05, 0.1) is 40.8 Å². The van der Waals surface area contributed by atoms with Crippen molar-refractivity contribution in [3.05, 3.63) is 84.2 Å². The molecule has 1 aliphatic rings. The Balaban J connectivity index is 1.94. The Kier molecular flexibility index (Phi) is 7.08. The maximum atomic E-state index is 13.6. The van der Waals surface area contributed by atoms with Crippen LogP contribution < -0.4 is 20.8 Å². The van der Waals surface area contributed by atoms with Gasteiger partial charge in [0, 0.05) is 10.0 Å². The maximum absolute atomic E-state index is 13.6. The number of nitrogens with one attached hydrogen (secondary N) is 2. The highest BCUT2D eigenvalue weighted by Gasteiger charge is 2.38. The summed E-state index contributed by atoms with van der Waals surface area (Å²) >= 11 is 6.70. The molecule has 2 aromatic carbocycles. The largest absolute Gasteiger partial charge is 0.497 e. The van der Waals surface area contributed by atoms with Crippen molar-refractivity contribution in [2.24, 2.45) is 0 Å². The fourth-order valence-corrected chi connectivity index (χ4v) is 5.00. The summed E-state index contributed by atoms with van der Waals surface area (Å²) in [5.74, 6) is -0.970. The summed E-state index contributed by atoms with van der Waals surface area (Å²) in [4.78, 5) is 52.4. The second-order valence-electron chi connectivity index (χ2n) is 7.38. The Morgan fingerprint density at radius 2 is 1.83 bits per heavy atom. The fourth-order valence-electron chi connectivity index (χ4n) is 3.68. The molecule has 4 rings (SSSR count). The van der Waals surface area contributed by atoms with Crippen molar-refractivity contribution >= 4 is 60.6 Å². The molecule has 2 heterocycles. The molecule has 0 aliphatic carbocycles. The van der Waals surface area contributed by atoms with Gasteiger partial charge in [0.1, 0.15) is 17.7 Å². The van der Waals surface area contributed by atoms with Gasteiger partial charge < -0.3 is 24.5 Å². The predicted octanol–water partition coefficient (Wildman–Crippen LogP) is 4.38. The molecule has 1 aliphatic heterocycles. The summed E-state index contributed by atoms with van der Waals surface area (Å²) < 4.78 is 17.1. The van der Waals surface area contributed by atoms with Gasteiger partial charge in [0.2, 0.25) is 0 Å². The number of Topliss-reactive ketones (excluding diaryl/α,β-unsaturated/α-hetero) is 1. The van der Waals surface area contributed by atoms with Crippen LogP contribution in [0.25, 0.3) is 11.0 Å². The first-order valence-corrected chi connectivity index (χ1v) is 11.9. The lowest BCUT2D eigenvalue weighted by molar-refractivity contribution is -0.139. The van der Waals surface area contributed by atoms with Gasteiger partial charge in [0.15, 0.2) is 16.8 Å². The standard InChI is InChI=1S/C24H18Br2N2O7/c1-3-34-23(31)19-17(20(29)11-4-6-13(33-2)7-5-11)18(27-24(32)28-19)15-10-35-22-14(21(15)30)8-12(25)9-16(22)26/h4-10,18H,3H2,1-2H3,(H2,27,28,32)/t18-/m0/s1. The van der Waals surface area contributed by atoms with Crippen LogP contribution in [0.1, 0.15) is 28.9 Å². The number of hydrogen-bond acceptors (Lipinski definition) is 7. The molecule has 0 saturated carbocycles. The van der Waals surface area contributed by atoms with E-state index in [1.165, 1.54) is 25.5 Å². The van der Waals surface area contributed by atoms with Crippen LogP contribution in [0, 0.1) is 0 Å². The van der Waals surface area contributed by atoms with E-state index in [9.17, 15) is 19.2 Å². The van der Waals surface area contributed by atoms with Crippen LogP contribution in [0.5, 0.6) is 5.75 Å². The van der Waals surface area contributed by atoms with Crippen molar-refractivity contribution in [1.29, 1.82) is 0 Å². The number of carbonyl (C=O) groups excluding carboxylic acids is 3. The van der Waals surface area contributed by atoms with Crippen LogP contribution in [0.4, 0.5) is 4.79 Å². The van der Waals surface area contributed by atoms with Crippen LogP contribution in [0.2, 0.25) is 0 Å². The fraction of sp³-hybridized carbons (Fsp3) is 0.167. The quantitative estimate of drug-likeness (QED) is 0.316. The molecule has 3 aromatic rings. The lowest BCUT2D eigenvalue weighted by Crippen LogP contribution is -2.48. The number of fused-ring (bicyclic) bond motifs is 1. The van der Waals surface area contributed by atoms with Crippen LogP contribution in [0.15, 0.2) is 72.1 Å². The van der Waals surface area contributed by atoms with Gasteiger partial charge in [-0.05, 0) is 59.3 Å². The number of amides is 2. The number of urea groups is 1. The molecule has 0 fully saturated rings. The van der Waals surface area contributed by atoms with E-state index in [1.54, 1.807) is 31.2 Å². The van der Waals surface area contributed by atoms with Gasteiger partial charge in [-0.25, -0.2) is 9.59 Å². The Morgan fingerprint density at radius 3 is 2.49 bits per heavy atom. The minimum Gasteiger partial charge on any atom is -0.497 e. The molecule has 0 unspecified atom stereocenters. The average molecular weight is 606 g/mol. The third-order valence-corrected chi connectivity index (χ3v) is 6.33. The molecule has 2 amide bonds. The van der Waals surface area contributed by atoms with E-state index >= 15 is 0 Å². The van der Waals surface area contributed by atoms with E-state index in [0.29, 0.717) is 20.3 Å². The van der Waals surface area contributed by atoms with Gasteiger partial charge in [-0.2, -0.15) is 0 Å². The van der Waals surface area contributed by atoms with Crippen molar-refractivity contribution in [3.8, 4) is 5.75 Å². The van der Waals surface area contributed by atoms with Gasteiger partial charge in [-0.15, -0.1) is 0 Å². The zero-order valence-corrected chi connectivity index (χ0v) is 21.6. The molecule has 35 heavy (non-hydrogen) atoms. The van der Waals surface area contributed by atoms with Crippen LogP contribution in [-0.2, 0) is 9.53 Å². The number of methoxy groups -OCH3 is 1. The molecule has 1 aromatic heterocycles. The number of benzene rings is 2. The van der Waals surface area contributed by atoms with Crippen molar-refractivity contribution in [2.75, 3.05) is 13.7 Å². The topological polar surface area (TPSA) is 124 Å². The Hall–Kier alpha value is -3.44. The summed E-state index contributed by atoms with van der Waals surface area (Å²) in [6.07, 6.45) is 1.17. The highest BCUT2D eigenvalue weighted by molar-refractivity contribution is 9.11. The molecule has 0 saturated heterocycles. The molecule has 11 heteroatoms. The zero-order valence-electron chi connectivity index (χ0n) is 18.4. The first-order chi connectivity index (χ1) is 16.7. The maximum Gasteiger partial charge on any atom is 0.355 e. The molecule has 1 atom stereocenters. The highest BCUT2D eigenvalue weighted by Crippen LogP contribution is 2.32. The number of ketones is 1. The summed E-state index contributed by atoms with van der Waals surface area (Å²) in [5.41, 5.74) is -0.522. The number of carbonyl (C=O) groups is 3. The average Bonchev–Trinajstić information content (AvgIpc) is 2.84. The third kappa shape index (κ3) is 4.73. The lowest BCUT2D eigenvalue weighted by Gasteiger charge is -2.28. The van der Waals surface area contributed by atoms with E-state index in [4.69, 9.17) is 13.9 Å². The monoisotopic (exact) mass is 604 g/mol. The van der Waals surface area contributed by atoms with E-state index in [1.807, 2.05) is 0 Å². The number of esters is 1. The number of halogens is 2. The number of ether oxygens (including phenoxy) is 2. The second-order valence-corrected chi connectivity index (χ2v) is 9.15. The number of hydrogen-bond donors (Lipinski definition) is 2. The van der Waals surface area contributed by atoms with Gasteiger partial charge in [-0.1, -0.05) is 15.9 Å². The minimum absolute atomic E-state index is 0.0144. The van der Waals surface area contributed by atoms with Crippen LogP contribution in [-0.4, -0.2) is 31.5 Å². The molecule has 2 N–H and O–H groups in total. The van der Waals surface area contributed by atoms with Crippen LogP contribution >= 0.6 is 31.9 Å².